The van der Waals surface area contributed by atoms with Gasteiger partial charge in [0.2, 0.25) is 5.82 Å². The van der Waals surface area contributed by atoms with E-state index in [1.54, 1.807) is 13.1 Å². The normalized spacial score (nSPS) is 25.4. The van der Waals surface area contributed by atoms with E-state index in [4.69, 9.17) is 0 Å². The molecule has 2 rings (SSSR count). The monoisotopic (exact) mass is 294 g/mol. The van der Waals surface area contributed by atoms with Crippen LogP contribution in [0, 0.1) is 16.0 Å². The third kappa shape index (κ3) is 3.41. The SMILES string of the molecule is CNc1ccc([N+](=O)[O-])c(NC2(CO)CCC(C)CC2)n1. The zero-order valence-corrected chi connectivity index (χ0v) is 12.4. The quantitative estimate of drug-likeness (QED) is 0.569. The Morgan fingerprint density at radius 2 is 2.14 bits per heavy atom. The van der Waals surface area contributed by atoms with Crippen LogP contribution in [0.2, 0.25) is 0 Å². The van der Waals surface area contributed by atoms with E-state index in [9.17, 15) is 15.2 Å². The predicted molar refractivity (Wildman–Crippen MR) is 81.5 cm³/mol. The van der Waals surface area contributed by atoms with Crippen LogP contribution < -0.4 is 10.6 Å². The number of hydrogen-bond donors (Lipinski definition) is 3. The standard InChI is InChI=1S/C14H22N4O3/c1-10-5-7-14(9-19,8-6-10)17-13-11(18(20)21)3-4-12(15-2)16-13/h3-4,10,19H,5-9H2,1-2H3,(H2,15,16,17). The molecule has 1 aliphatic rings. The van der Waals surface area contributed by atoms with Gasteiger partial charge in [-0.25, -0.2) is 4.98 Å². The molecule has 1 aromatic rings. The van der Waals surface area contributed by atoms with Crippen LogP contribution in [0.3, 0.4) is 0 Å². The summed E-state index contributed by atoms with van der Waals surface area (Å²) in [6.07, 6.45) is 3.56. The molecule has 1 aliphatic carbocycles. The second-order valence-corrected chi connectivity index (χ2v) is 5.82. The Hall–Kier alpha value is -1.89. The third-order valence-electron chi connectivity index (χ3n) is 4.24. The van der Waals surface area contributed by atoms with E-state index in [1.165, 1.54) is 6.07 Å². The van der Waals surface area contributed by atoms with E-state index in [-0.39, 0.29) is 18.1 Å². The first kappa shape index (κ1) is 15.5. The Bertz CT molecular complexity index is 513. The fourth-order valence-corrected chi connectivity index (χ4v) is 2.72. The third-order valence-corrected chi connectivity index (χ3v) is 4.24. The Kier molecular flexibility index (Phi) is 4.62. The van der Waals surface area contributed by atoms with E-state index >= 15 is 0 Å². The lowest BCUT2D eigenvalue weighted by atomic mass is 9.77. The molecule has 7 nitrogen and oxygen atoms in total. The molecule has 0 aliphatic heterocycles. The minimum Gasteiger partial charge on any atom is -0.394 e. The molecule has 0 unspecified atom stereocenters. The molecular formula is C14H22N4O3. The van der Waals surface area contributed by atoms with Gasteiger partial charge in [0.1, 0.15) is 5.82 Å². The number of nitrogens with zero attached hydrogens (tertiary/aromatic N) is 2. The summed E-state index contributed by atoms with van der Waals surface area (Å²) in [5, 5.41) is 26.9. The van der Waals surface area contributed by atoms with Crippen LogP contribution >= 0.6 is 0 Å². The fraction of sp³-hybridized carbons (Fsp3) is 0.643. The molecule has 21 heavy (non-hydrogen) atoms. The highest BCUT2D eigenvalue weighted by atomic mass is 16.6. The maximum Gasteiger partial charge on any atom is 0.311 e. The largest absolute Gasteiger partial charge is 0.394 e. The van der Waals surface area contributed by atoms with E-state index in [0.717, 1.165) is 25.7 Å². The first-order valence-electron chi connectivity index (χ1n) is 7.22. The maximum absolute atomic E-state index is 11.2. The Morgan fingerprint density at radius 1 is 1.48 bits per heavy atom. The van der Waals surface area contributed by atoms with Crippen molar-refractivity contribution in [1.29, 1.82) is 0 Å². The van der Waals surface area contributed by atoms with Crippen LogP contribution in [0.25, 0.3) is 0 Å². The van der Waals surface area contributed by atoms with E-state index in [2.05, 4.69) is 22.5 Å². The van der Waals surface area contributed by atoms with Gasteiger partial charge in [-0.2, -0.15) is 0 Å². The summed E-state index contributed by atoms with van der Waals surface area (Å²) in [6.45, 7) is 2.13. The van der Waals surface area contributed by atoms with Crippen LogP contribution in [-0.2, 0) is 0 Å². The van der Waals surface area contributed by atoms with Gasteiger partial charge in [-0.15, -0.1) is 0 Å². The van der Waals surface area contributed by atoms with Crippen molar-refractivity contribution >= 4 is 17.3 Å². The summed E-state index contributed by atoms with van der Waals surface area (Å²) in [7, 11) is 1.71. The predicted octanol–water partition coefficient (Wildman–Crippen LogP) is 2.38. The van der Waals surface area contributed by atoms with Crippen molar-refractivity contribution in [3.05, 3.63) is 22.2 Å². The molecule has 0 atom stereocenters. The molecule has 1 heterocycles. The van der Waals surface area contributed by atoms with Crippen LogP contribution in [0.5, 0.6) is 0 Å². The van der Waals surface area contributed by atoms with Gasteiger partial charge in [-0.3, -0.25) is 10.1 Å². The number of aliphatic hydroxyl groups is 1. The van der Waals surface area contributed by atoms with Gasteiger partial charge in [0.05, 0.1) is 17.1 Å². The molecule has 0 saturated heterocycles. The van der Waals surface area contributed by atoms with Crippen molar-refractivity contribution in [2.24, 2.45) is 5.92 Å². The molecule has 1 fully saturated rings. The lowest BCUT2D eigenvalue weighted by Crippen LogP contribution is -2.45. The summed E-state index contributed by atoms with van der Waals surface area (Å²) in [6, 6.07) is 3.00. The number of nitrogens with one attached hydrogen (secondary N) is 2. The van der Waals surface area contributed by atoms with Crippen LogP contribution in [0.1, 0.15) is 32.6 Å². The molecule has 0 spiro atoms. The summed E-state index contributed by atoms with van der Waals surface area (Å²) in [5.74, 6) is 1.40. The molecule has 0 radical (unpaired) electrons. The highest BCUT2D eigenvalue weighted by Gasteiger charge is 2.35. The summed E-state index contributed by atoms with van der Waals surface area (Å²) >= 11 is 0. The lowest BCUT2D eigenvalue weighted by Gasteiger charge is -2.39. The number of rotatable bonds is 5. The second kappa shape index (κ2) is 6.26. The number of aliphatic hydroxyl groups excluding tert-OH is 1. The number of nitro groups is 1. The van der Waals surface area contributed by atoms with Gasteiger partial charge in [0.15, 0.2) is 0 Å². The topological polar surface area (TPSA) is 100 Å². The van der Waals surface area contributed by atoms with Crippen molar-refractivity contribution in [2.75, 3.05) is 24.3 Å². The molecule has 0 bridgehead atoms. The minimum atomic E-state index is -0.517. The van der Waals surface area contributed by atoms with Crippen molar-refractivity contribution in [3.63, 3.8) is 0 Å². The summed E-state index contributed by atoms with van der Waals surface area (Å²) < 4.78 is 0. The smallest absolute Gasteiger partial charge is 0.311 e. The maximum atomic E-state index is 11.2. The fourth-order valence-electron chi connectivity index (χ4n) is 2.72. The van der Waals surface area contributed by atoms with Gasteiger partial charge in [-0.1, -0.05) is 6.92 Å². The Morgan fingerprint density at radius 3 is 2.67 bits per heavy atom. The first-order valence-corrected chi connectivity index (χ1v) is 7.22. The minimum absolute atomic E-state index is 0.0532. The highest BCUT2D eigenvalue weighted by molar-refractivity contribution is 5.61. The van der Waals surface area contributed by atoms with Crippen LogP contribution in [-0.4, -0.2) is 34.2 Å². The molecule has 7 heteroatoms. The first-order chi connectivity index (χ1) is 9.99. The van der Waals surface area contributed by atoms with Gasteiger partial charge in [-0.05, 0) is 37.7 Å². The van der Waals surface area contributed by atoms with Crippen LogP contribution in [0.4, 0.5) is 17.3 Å². The number of pyridine rings is 1. The van der Waals surface area contributed by atoms with Crippen LogP contribution in [0.15, 0.2) is 12.1 Å². The Labute approximate surface area is 123 Å². The molecule has 116 valence electrons. The van der Waals surface area contributed by atoms with Crippen molar-refractivity contribution in [2.45, 2.75) is 38.1 Å². The average molecular weight is 294 g/mol. The summed E-state index contributed by atoms with van der Waals surface area (Å²) in [4.78, 5) is 14.9. The lowest BCUT2D eigenvalue weighted by molar-refractivity contribution is -0.384. The zero-order valence-electron chi connectivity index (χ0n) is 12.4. The van der Waals surface area contributed by atoms with Crippen molar-refractivity contribution < 1.29 is 10.0 Å². The van der Waals surface area contributed by atoms with Crippen molar-refractivity contribution in [3.8, 4) is 0 Å². The molecule has 0 aromatic carbocycles. The molecule has 3 N–H and O–H groups in total. The van der Waals surface area contributed by atoms with Gasteiger partial charge >= 0.3 is 5.69 Å². The van der Waals surface area contributed by atoms with E-state index < -0.39 is 10.5 Å². The number of hydrogen-bond acceptors (Lipinski definition) is 6. The van der Waals surface area contributed by atoms with Gasteiger partial charge < -0.3 is 15.7 Å². The highest BCUT2D eigenvalue weighted by Crippen LogP contribution is 2.36. The van der Waals surface area contributed by atoms with E-state index in [0.29, 0.717) is 11.7 Å². The molecule has 1 saturated carbocycles. The van der Waals surface area contributed by atoms with Crippen molar-refractivity contribution in [1.82, 2.24) is 4.98 Å². The molecule has 0 amide bonds. The zero-order chi connectivity index (χ0) is 15.5. The van der Waals surface area contributed by atoms with Gasteiger partial charge in [0.25, 0.3) is 0 Å². The second-order valence-electron chi connectivity index (χ2n) is 5.82. The summed E-state index contributed by atoms with van der Waals surface area (Å²) in [5.41, 5.74) is -0.586. The molecule has 1 aromatic heterocycles. The number of anilines is 2. The van der Waals surface area contributed by atoms with E-state index in [1.807, 2.05) is 0 Å². The number of aromatic nitrogens is 1. The Balaban J connectivity index is 2.29. The van der Waals surface area contributed by atoms with Gasteiger partial charge in [0, 0.05) is 13.1 Å². The average Bonchev–Trinajstić information content (AvgIpc) is 2.49. The molecular weight excluding hydrogens is 272 g/mol.